The number of hydrogen-bond donors (Lipinski definition) is 2. The van der Waals surface area contributed by atoms with Crippen LogP contribution in [0, 0.1) is 11.7 Å². The minimum absolute atomic E-state index is 0.0867. The van der Waals surface area contributed by atoms with E-state index in [-0.39, 0.29) is 18.2 Å². The molecule has 28 heavy (non-hydrogen) atoms. The molecule has 6 heteroatoms. The van der Waals surface area contributed by atoms with Gasteiger partial charge in [-0.25, -0.2) is 4.39 Å². The van der Waals surface area contributed by atoms with E-state index in [1.54, 1.807) is 36.4 Å². The van der Waals surface area contributed by atoms with Crippen LogP contribution in [0.1, 0.15) is 29.6 Å². The van der Waals surface area contributed by atoms with Crippen molar-refractivity contribution < 1.29 is 18.7 Å². The van der Waals surface area contributed by atoms with E-state index in [4.69, 9.17) is 4.74 Å². The van der Waals surface area contributed by atoms with Crippen molar-refractivity contribution in [3.05, 3.63) is 72.1 Å². The standard InChI is InChI=1S/C22H23FN2O3/c23-18-11-5-6-12-19(18)25-21(26)15-28-20-13-7-4-10-17(20)22(27)24-14-16-8-2-1-3-9-16/h1-2,4-7,10-13,16H,3,8-9,14-15H2,(H,24,27)(H,25,26). The smallest absolute Gasteiger partial charge is 0.262 e. The van der Waals surface area contributed by atoms with E-state index in [0.717, 1.165) is 19.3 Å². The maximum Gasteiger partial charge on any atom is 0.262 e. The van der Waals surface area contributed by atoms with Crippen LogP contribution in [0.3, 0.4) is 0 Å². The molecule has 0 spiro atoms. The fourth-order valence-electron chi connectivity index (χ4n) is 3.05. The van der Waals surface area contributed by atoms with Crippen LogP contribution in [0.2, 0.25) is 0 Å². The summed E-state index contributed by atoms with van der Waals surface area (Å²) in [5, 5.41) is 5.39. The van der Waals surface area contributed by atoms with E-state index >= 15 is 0 Å². The van der Waals surface area contributed by atoms with Gasteiger partial charge in [-0.15, -0.1) is 0 Å². The Labute approximate surface area is 163 Å². The first kappa shape index (κ1) is 19.6. The number of rotatable bonds is 7. The number of allylic oxidation sites excluding steroid dienone is 2. The number of anilines is 1. The molecule has 5 nitrogen and oxygen atoms in total. The summed E-state index contributed by atoms with van der Waals surface area (Å²) < 4.78 is 19.1. The quantitative estimate of drug-likeness (QED) is 0.713. The SMILES string of the molecule is O=C(COc1ccccc1C(=O)NCC1CC=CCC1)Nc1ccccc1F. The lowest BCUT2D eigenvalue weighted by Crippen LogP contribution is -2.30. The van der Waals surface area contributed by atoms with E-state index in [0.29, 0.717) is 23.8 Å². The summed E-state index contributed by atoms with van der Waals surface area (Å²) in [6.45, 7) is 0.275. The van der Waals surface area contributed by atoms with Crippen LogP contribution in [0.5, 0.6) is 5.75 Å². The average Bonchev–Trinajstić information content (AvgIpc) is 2.73. The normalized spacial score (nSPS) is 15.7. The van der Waals surface area contributed by atoms with Crippen molar-refractivity contribution >= 4 is 17.5 Å². The molecule has 2 aromatic carbocycles. The van der Waals surface area contributed by atoms with Crippen molar-refractivity contribution in [3.8, 4) is 5.75 Å². The van der Waals surface area contributed by atoms with Gasteiger partial charge in [0.25, 0.3) is 11.8 Å². The Morgan fingerprint density at radius 3 is 2.64 bits per heavy atom. The minimum Gasteiger partial charge on any atom is -0.483 e. The number of hydrogen-bond acceptors (Lipinski definition) is 3. The highest BCUT2D eigenvalue weighted by molar-refractivity contribution is 5.97. The molecule has 0 saturated heterocycles. The zero-order valence-electron chi connectivity index (χ0n) is 15.5. The molecule has 1 aliphatic rings. The van der Waals surface area contributed by atoms with Crippen molar-refractivity contribution in [1.29, 1.82) is 0 Å². The number of para-hydroxylation sites is 2. The summed E-state index contributed by atoms with van der Waals surface area (Å²) >= 11 is 0. The topological polar surface area (TPSA) is 67.4 Å². The van der Waals surface area contributed by atoms with Crippen LogP contribution in [0.15, 0.2) is 60.7 Å². The zero-order valence-corrected chi connectivity index (χ0v) is 15.5. The highest BCUT2D eigenvalue weighted by Gasteiger charge is 2.16. The van der Waals surface area contributed by atoms with E-state index < -0.39 is 11.7 Å². The Kier molecular flexibility index (Phi) is 6.78. The van der Waals surface area contributed by atoms with Crippen LogP contribution >= 0.6 is 0 Å². The van der Waals surface area contributed by atoms with Gasteiger partial charge in [0.15, 0.2) is 6.61 Å². The zero-order chi connectivity index (χ0) is 19.8. The van der Waals surface area contributed by atoms with Gasteiger partial charge >= 0.3 is 0 Å². The third-order valence-corrected chi connectivity index (χ3v) is 4.57. The summed E-state index contributed by atoms with van der Waals surface area (Å²) in [6.07, 6.45) is 7.37. The van der Waals surface area contributed by atoms with Gasteiger partial charge in [0.05, 0.1) is 11.3 Å². The highest BCUT2D eigenvalue weighted by Crippen LogP contribution is 2.20. The summed E-state index contributed by atoms with van der Waals surface area (Å²) in [5.74, 6) is -0.511. The van der Waals surface area contributed by atoms with Crippen LogP contribution < -0.4 is 15.4 Å². The molecule has 146 valence electrons. The molecule has 0 fully saturated rings. The predicted octanol–water partition coefficient (Wildman–Crippen LogP) is 3.93. The number of amides is 2. The third kappa shape index (κ3) is 5.42. The second-order valence-corrected chi connectivity index (χ2v) is 6.67. The number of carbonyl (C=O) groups is 2. The largest absolute Gasteiger partial charge is 0.483 e. The third-order valence-electron chi connectivity index (χ3n) is 4.57. The van der Waals surface area contributed by atoms with Gasteiger partial charge in [0.1, 0.15) is 11.6 Å². The molecule has 0 bridgehead atoms. The Balaban J connectivity index is 1.55. The first-order chi connectivity index (χ1) is 13.6. The molecule has 1 aliphatic carbocycles. The molecule has 1 atom stereocenters. The fraction of sp³-hybridized carbons (Fsp3) is 0.273. The van der Waals surface area contributed by atoms with Gasteiger partial charge in [0.2, 0.25) is 0 Å². The van der Waals surface area contributed by atoms with Crippen LogP contribution in [-0.4, -0.2) is 25.0 Å². The van der Waals surface area contributed by atoms with Gasteiger partial charge in [-0.2, -0.15) is 0 Å². The Hall–Kier alpha value is -3.15. The van der Waals surface area contributed by atoms with Gasteiger partial charge < -0.3 is 15.4 Å². The Morgan fingerprint density at radius 1 is 1.07 bits per heavy atom. The second kappa shape index (κ2) is 9.69. The van der Waals surface area contributed by atoms with Crippen LogP contribution in [-0.2, 0) is 4.79 Å². The lowest BCUT2D eigenvalue weighted by molar-refractivity contribution is -0.118. The number of benzene rings is 2. The average molecular weight is 382 g/mol. The second-order valence-electron chi connectivity index (χ2n) is 6.67. The minimum atomic E-state index is -0.520. The van der Waals surface area contributed by atoms with Crippen molar-refractivity contribution in [3.63, 3.8) is 0 Å². The van der Waals surface area contributed by atoms with E-state index in [1.165, 1.54) is 12.1 Å². The molecule has 0 heterocycles. The maximum absolute atomic E-state index is 13.6. The molecule has 2 N–H and O–H groups in total. The van der Waals surface area contributed by atoms with Gasteiger partial charge in [-0.1, -0.05) is 36.4 Å². The van der Waals surface area contributed by atoms with E-state index in [1.807, 2.05) is 0 Å². The van der Waals surface area contributed by atoms with Crippen molar-refractivity contribution in [2.75, 3.05) is 18.5 Å². The van der Waals surface area contributed by atoms with Crippen LogP contribution in [0.25, 0.3) is 0 Å². The summed E-state index contributed by atoms with van der Waals surface area (Å²) in [4.78, 5) is 24.6. The molecule has 2 aromatic rings. The van der Waals surface area contributed by atoms with Gasteiger partial charge in [0, 0.05) is 6.54 Å². The lowest BCUT2D eigenvalue weighted by atomic mass is 9.94. The maximum atomic E-state index is 13.6. The van der Waals surface area contributed by atoms with E-state index in [9.17, 15) is 14.0 Å². The van der Waals surface area contributed by atoms with Crippen molar-refractivity contribution in [1.82, 2.24) is 5.32 Å². The summed E-state index contributed by atoms with van der Waals surface area (Å²) in [7, 11) is 0. The number of halogens is 1. The molecular formula is C22H23FN2O3. The number of nitrogens with one attached hydrogen (secondary N) is 2. The van der Waals surface area contributed by atoms with Gasteiger partial charge in [-0.05, 0) is 49.4 Å². The van der Waals surface area contributed by atoms with Gasteiger partial charge in [-0.3, -0.25) is 9.59 Å². The first-order valence-corrected chi connectivity index (χ1v) is 9.33. The summed E-state index contributed by atoms with van der Waals surface area (Å²) in [6, 6.07) is 12.7. The number of ether oxygens (including phenoxy) is 1. The number of carbonyl (C=O) groups excluding carboxylic acids is 2. The molecule has 0 aromatic heterocycles. The molecule has 0 saturated carbocycles. The molecule has 0 aliphatic heterocycles. The molecule has 0 radical (unpaired) electrons. The fourth-order valence-corrected chi connectivity index (χ4v) is 3.05. The van der Waals surface area contributed by atoms with E-state index in [2.05, 4.69) is 22.8 Å². The molecule has 2 amide bonds. The lowest BCUT2D eigenvalue weighted by Gasteiger charge is -2.18. The Bertz CT molecular complexity index is 866. The van der Waals surface area contributed by atoms with Crippen LogP contribution in [0.4, 0.5) is 10.1 Å². The molecule has 1 unspecified atom stereocenters. The molecule has 3 rings (SSSR count). The summed E-state index contributed by atoms with van der Waals surface area (Å²) in [5.41, 5.74) is 0.455. The Morgan fingerprint density at radius 2 is 1.86 bits per heavy atom. The first-order valence-electron chi connectivity index (χ1n) is 9.33. The molecular weight excluding hydrogens is 359 g/mol. The van der Waals surface area contributed by atoms with Crippen molar-refractivity contribution in [2.45, 2.75) is 19.3 Å². The predicted molar refractivity (Wildman–Crippen MR) is 106 cm³/mol. The van der Waals surface area contributed by atoms with Crippen molar-refractivity contribution in [2.24, 2.45) is 5.92 Å². The highest BCUT2D eigenvalue weighted by atomic mass is 19.1. The monoisotopic (exact) mass is 382 g/mol.